The molecule has 8 nitrogen and oxygen atoms in total. The van der Waals surface area contributed by atoms with Crippen molar-refractivity contribution in [3.05, 3.63) is 28.6 Å². The van der Waals surface area contributed by atoms with E-state index in [-0.39, 0.29) is 28.6 Å². The number of hydrogen-bond donors (Lipinski definition) is 2. The maximum atomic E-state index is 13.1. The summed E-state index contributed by atoms with van der Waals surface area (Å²) in [5.74, 6) is -0.388. The van der Waals surface area contributed by atoms with Crippen molar-refractivity contribution < 1.29 is 18.0 Å². The van der Waals surface area contributed by atoms with Gasteiger partial charge in [0, 0.05) is 41.5 Å². The first-order valence-electron chi connectivity index (χ1n) is 12.0. The standard InChI is InChI=1S/C23H29ClN4O4S3/c24-20-9-7-18(33-20)19-8-10-22(34-19)35(31,32)26-17-4-2-11-27(23(17)30)14-21(29)28-12-1-3-16(28)13-25-15-5-6-15/h7-10,15-17,25-26H,1-6,11-14H2/t16-,17-/m0/s1. The summed E-state index contributed by atoms with van der Waals surface area (Å²) in [6.45, 7) is 1.97. The zero-order chi connectivity index (χ0) is 24.6. The zero-order valence-electron chi connectivity index (χ0n) is 19.2. The average molecular weight is 557 g/mol. The van der Waals surface area contributed by atoms with Gasteiger partial charge in [0.05, 0.1) is 10.9 Å². The van der Waals surface area contributed by atoms with Gasteiger partial charge in [0.25, 0.3) is 10.0 Å². The Bertz CT molecular complexity index is 1190. The van der Waals surface area contributed by atoms with Crippen LogP contribution in [0.2, 0.25) is 4.34 Å². The molecule has 0 radical (unpaired) electrons. The summed E-state index contributed by atoms with van der Waals surface area (Å²) < 4.78 is 29.4. The Morgan fingerprint density at radius 2 is 1.77 bits per heavy atom. The van der Waals surface area contributed by atoms with Gasteiger partial charge in [-0.2, -0.15) is 4.72 Å². The fourth-order valence-corrected chi connectivity index (χ4v) is 8.40. The van der Waals surface area contributed by atoms with Crippen LogP contribution in [0.4, 0.5) is 0 Å². The van der Waals surface area contributed by atoms with E-state index >= 15 is 0 Å². The van der Waals surface area contributed by atoms with Gasteiger partial charge in [-0.1, -0.05) is 11.6 Å². The number of carbonyl (C=O) groups excluding carboxylic acids is 2. The molecule has 3 fully saturated rings. The minimum atomic E-state index is -3.87. The number of amides is 2. The summed E-state index contributed by atoms with van der Waals surface area (Å²) in [4.78, 5) is 31.3. The maximum absolute atomic E-state index is 13.1. The quantitative estimate of drug-likeness (QED) is 0.494. The van der Waals surface area contributed by atoms with E-state index in [1.165, 1.54) is 29.1 Å². The second-order valence-electron chi connectivity index (χ2n) is 9.36. The van der Waals surface area contributed by atoms with Crippen molar-refractivity contribution in [2.24, 2.45) is 0 Å². The summed E-state index contributed by atoms with van der Waals surface area (Å²) in [5.41, 5.74) is 0. The summed E-state index contributed by atoms with van der Waals surface area (Å²) in [6.07, 6.45) is 5.41. The summed E-state index contributed by atoms with van der Waals surface area (Å²) in [5, 5.41) is 3.50. The van der Waals surface area contributed by atoms with Gasteiger partial charge in [-0.25, -0.2) is 8.42 Å². The predicted octanol–water partition coefficient (Wildman–Crippen LogP) is 3.14. The number of thiophene rings is 2. The highest BCUT2D eigenvalue weighted by Crippen LogP contribution is 2.37. The Labute approximate surface area is 218 Å². The fourth-order valence-electron chi connectivity index (χ4n) is 4.72. The number of nitrogens with one attached hydrogen (secondary N) is 2. The Balaban J connectivity index is 1.20. The van der Waals surface area contributed by atoms with Gasteiger partial charge in [-0.15, -0.1) is 22.7 Å². The van der Waals surface area contributed by atoms with Gasteiger partial charge in [-0.3, -0.25) is 9.59 Å². The Hall–Kier alpha value is -1.50. The molecule has 12 heteroatoms. The van der Waals surface area contributed by atoms with E-state index in [1.54, 1.807) is 18.2 Å². The smallest absolute Gasteiger partial charge is 0.250 e. The van der Waals surface area contributed by atoms with Crippen LogP contribution in [0.5, 0.6) is 0 Å². The second kappa shape index (κ2) is 10.5. The number of sulfonamides is 1. The zero-order valence-corrected chi connectivity index (χ0v) is 22.4. The first-order valence-corrected chi connectivity index (χ1v) is 15.5. The molecule has 4 heterocycles. The number of halogens is 1. The highest BCUT2D eigenvalue weighted by Gasteiger charge is 2.36. The summed E-state index contributed by atoms with van der Waals surface area (Å²) in [7, 11) is -3.87. The van der Waals surface area contributed by atoms with Gasteiger partial charge >= 0.3 is 0 Å². The number of likely N-dealkylation sites (tertiary alicyclic amines) is 2. The highest BCUT2D eigenvalue weighted by molar-refractivity contribution is 7.91. The molecule has 0 aromatic carbocycles. The molecule has 0 unspecified atom stereocenters. The molecule has 0 bridgehead atoms. The monoisotopic (exact) mass is 556 g/mol. The molecule has 3 aliphatic rings. The van der Waals surface area contributed by atoms with Crippen LogP contribution >= 0.6 is 34.3 Å². The lowest BCUT2D eigenvalue weighted by molar-refractivity contribution is -0.143. The van der Waals surface area contributed by atoms with Crippen LogP contribution in [0.1, 0.15) is 38.5 Å². The minimum absolute atomic E-state index is 0.000717. The molecule has 2 aromatic rings. The number of carbonyl (C=O) groups is 2. The molecule has 2 saturated heterocycles. The summed E-state index contributed by atoms with van der Waals surface area (Å²) in [6, 6.07) is 6.83. The molecule has 0 spiro atoms. The van der Waals surface area contributed by atoms with Crippen molar-refractivity contribution in [2.75, 3.05) is 26.2 Å². The lowest BCUT2D eigenvalue weighted by Crippen LogP contribution is -2.55. The van der Waals surface area contributed by atoms with Crippen molar-refractivity contribution >= 4 is 56.1 Å². The maximum Gasteiger partial charge on any atom is 0.250 e. The van der Waals surface area contributed by atoms with Crippen LogP contribution < -0.4 is 10.0 Å². The number of piperidine rings is 1. The van der Waals surface area contributed by atoms with Gasteiger partial charge in [0.15, 0.2) is 0 Å². The highest BCUT2D eigenvalue weighted by atomic mass is 35.5. The van der Waals surface area contributed by atoms with E-state index in [4.69, 9.17) is 11.6 Å². The Morgan fingerprint density at radius 3 is 2.51 bits per heavy atom. The van der Waals surface area contributed by atoms with E-state index < -0.39 is 16.1 Å². The molecular weight excluding hydrogens is 528 g/mol. The molecule has 2 N–H and O–H groups in total. The lowest BCUT2D eigenvalue weighted by Gasteiger charge is -2.34. The van der Waals surface area contributed by atoms with E-state index in [0.29, 0.717) is 36.3 Å². The van der Waals surface area contributed by atoms with Gasteiger partial charge in [-0.05, 0) is 62.8 Å². The molecule has 1 saturated carbocycles. The molecule has 2 aliphatic heterocycles. The van der Waals surface area contributed by atoms with Gasteiger partial charge in [0.1, 0.15) is 10.3 Å². The normalized spacial score (nSPS) is 23.3. The van der Waals surface area contributed by atoms with Crippen molar-refractivity contribution in [1.82, 2.24) is 19.8 Å². The van der Waals surface area contributed by atoms with Gasteiger partial charge in [0.2, 0.25) is 11.8 Å². The number of nitrogens with zero attached hydrogens (tertiary/aromatic N) is 2. The molecule has 2 aromatic heterocycles. The lowest BCUT2D eigenvalue weighted by atomic mass is 10.1. The topological polar surface area (TPSA) is 98.8 Å². The van der Waals surface area contributed by atoms with Crippen LogP contribution in [0.25, 0.3) is 9.75 Å². The first-order chi connectivity index (χ1) is 16.8. The van der Waals surface area contributed by atoms with Crippen molar-refractivity contribution in [2.45, 2.75) is 60.9 Å². The predicted molar refractivity (Wildman–Crippen MR) is 138 cm³/mol. The Kier molecular flexibility index (Phi) is 7.53. The fraction of sp³-hybridized carbons (Fsp3) is 0.565. The third kappa shape index (κ3) is 5.91. The van der Waals surface area contributed by atoms with Crippen LogP contribution in [0, 0.1) is 0 Å². The number of hydrogen-bond acceptors (Lipinski definition) is 7. The Morgan fingerprint density at radius 1 is 1.03 bits per heavy atom. The first kappa shape index (κ1) is 25.2. The van der Waals surface area contributed by atoms with Crippen LogP contribution in [0.3, 0.4) is 0 Å². The third-order valence-electron chi connectivity index (χ3n) is 6.73. The molecule has 2 amide bonds. The van der Waals surface area contributed by atoms with Gasteiger partial charge < -0.3 is 15.1 Å². The van der Waals surface area contributed by atoms with E-state index in [9.17, 15) is 18.0 Å². The molecule has 2 atom stereocenters. The average Bonchev–Trinajstić information content (AvgIpc) is 3.20. The molecule has 5 rings (SSSR count). The molecule has 190 valence electrons. The van der Waals surface area contributed by atoms with E-state index in [1.807, 2.05) is 11.0 Å². The second-order valence-corrected chi connectivity index (χ2v) is 14.1. The van der Waals surface area contributed by atoms with Crippen molar-refractivity contribution in [1.29, 1.82) is 0 Å². The van der Waals surface area contributed by atoms with E-state index in [0.717, 1.165) is 40.5 Å². The SMILES string of the molecule is O=C1[C@@H](NS(=O)(=O)c2ccc(-c3ccc(Cl)s3)s2)CCCN1CC(=O)N1CCC[C@H]1CNC1CC1. The molecule has 1 aliphatic carbocycles. The van der Waals surface area contributed by atoms with Crippen molar-refractivity contribution in [3.8, 4) is 9.75 Å². The summed E-state index contributed by atoms with van der Waals surface area (Å²) >= 11 is 8.53. The van der Waals surface area contributed by atoms with Crippen LogP contribution in [-0.2, 0) is 19.6 Å². The third-order valence-corrected chi connectivity index (χ3v) is 11.2. The van der Waals surface area contributed by atoms with Crippen LogP contribution in [0.15, 0.2) is 28.5 Å². The minimum Gasteiger partial charge on any atom is -0.337 e. The number of rotatable bonds is 9. The van der Waals surface area contributed by atoms with Crippen molar-refractivity contribution in [3.63, 3.8) is 0 Å². The van der Waals surface area contributed by atoms with E-state index in [2.05, 4.69) is 10.0 Å². The molecular formula is C23H29ClN4O4S3. The molecule has 35 heavy (non-hydrogen) atoms. The largest absolute Gasteiger partial charge is 0.337 e. The van der Waals surface area contributed by atoms with Crippen LogP contribution in [-0.4, -0.2) is 74.3 Å².